The monoisotopic (exact) mass is 393 g/mol. The number of anilines is 1. The number of carbonyl (C=O) groups excluding carboxylic acids is 2. The Morgan fingerprint density at radius 3 is 2.11 bits per heavy atom. The van der Waals surface area contributed by atoms with E-state index in [9.17, 15) is 22.8 Å². The summed E-state index contributed by atoms with van der Waals surface area (Å²) in [4.78, 5) is 26.8. The van der Waals surface area contributed by atoms with Crippen molar-refractivity contribution in [1.82, 2.24) is 0 Å². The lowest BCUT2D eigenvalue weighted by Gasteiger charge is -2.16. The lowest BCUT2D eigenvalue weighted by atomic mass is 10.1. The molecule has 1 N–H and O–H groups in total. The summed E-state index contributed by atoms with van der Waals surface area (Å²) in [6, 6.07) is 12.4. The third-order valence-corrected chi connectivity index (χ3v) is 4.95. The summed E-state index contributed by atoms with van der Waals surface area (Å²) in [5.41, 5.74) is -0.0906. The molecule has 1 heterocycles. The molecule has 0 fully saturated rings. The van der Waals surface area contributed by atoms with Crippen LogP contribution in [0, 0.1) is 0 Å². The molecule has 27 heavy (non-hydrogen) atoms. The van der Waals surface area contributed by atoms with Crippen molar-refractivity contribution in [3.8, 4) is 0 Å². The van der Waals surface area contributed by atoms with Gasteiger partial charge in [-0.2, -0.15) is 13.2 Å². The normalized spacial score (nSPS) is 15.0. The molecule has 0 aromatic heterocycles. The van der Waals surface area contributed by atoms with Gasteiger partial charge in [-0.25, -0.2) is 4.90 Å². The summed E-state index contributed by atoms with van der Waals surface area (Å²) in [5.74, 6) is -1.01. The number of aliphatic hydroxyl groups excluding tert-OH is 1. The van der Waals surface area contributed by atoms with Crippen LogP contribution in [0.5, 0.6) is 0 Å². The Balaban J connectivity index is 2.00. The molecule has 0 aliphatic carbocycles. The third-order valence-electron chi connectivity index (χ3n) is 3.89. The average Bonchev–Trinajstić information content (AvgIpc) is 2.90. The topological polar surface area (TPSA) is 57.6 Å². The zero-order chi connectivity index (χ0) is 19.6. The first kappa shape index (κ1) is 19.2. The molecular formula is C19H14F3NO3S. The highest BCUT2D eigenvalue weighted by Crippen LogP contribution is 2.39. The zero-order valence-corrected chi connectivity index (χ0v) is 14.7. The predicted octanol–water partition coefficient (Wildman–Crippen LogP) is 3.72. The first-order valence-corrected chi connectivity index (χ1v) is 8.92. The number of imide groups is 1. The molecule has 0 saturated carbocycles. The quantitative estimate of drug-likeness (QED) is 0.787. The minimum absolute atomic E-state index is 0.0611. The number of rotatable bonds is 5. The van der Waals surface area contributed by atoms with Gasteiger partial charge in [0, 0.05) is 5.75 Å². The van der Waals surface area contributed by atoms with Gasteiger partial charge in [0.15, 0.2) is 0 Å². The van der Waals surface area contributed by atoms with Crippen LogP contribution < -0.4 is 4.90 Å². The van der Waals surface area contributed by atoms with Crippen LogP contribution in [0.15, 0.2) is 59.5 Å². The molecule has 2 aromatic rings. The van der Waals surface area contributed by atoms with Crippen LogP contribution in [0.3, 0.4) is 0 Å². The number of hydrogen-bond acceptors (Lipinski definition) is 4. The van der Waals surface area contributed by atoms with E-state index in [1.165, 1.54) is 0 Å². The summed E-state index contributed by atoms with van der Waals surface area (Å²) < 4.78 is 38.3. The van der Waals surface area contributed by atoms with E-state index in [4.69, 9.17) is 5.11 Å². The Kier molecular flexibility index (Phi) is 5.38. The number of alkyl halides is 3. The summed E-state index contributed by atoms with van der Waals surface area (Å²) in [5, 5.41) is 9.07. The Labute approximate surface area is 157 Å². The number of nitrogens with zero attached hydrogens (tertiary/aromatic N) is 1. The van der Waals surface area contributed by atoms with Gasteiger partial charge in [-0.15, -0.1) is 11.8 Å². The molecule has 2 aromatic carbocycles. The number of halogens is 3. The van der Waals surface area contributed by atoms with Gasteiger partial charge in [0.1, 0.15) is 0 Å². The second-order valence-corrected chi connectivity index (χ2v) is 6.74. The van der Waals surface area contributed by atoms with Gasteiger partial charge in [-0.1, -0.05) is 30.3 Å². The highest BCUT2D eigenvalue weighted by atomic mass is 32.2. The zero-order valence-electron chi connectivity index (χ0n) is 13.9. The van der Waals surface area contributed by atoms with E-state index in [0.29, 0.717) is 5.56 Å². The van der Waals surface area contributed by atoms with Gasteiger partial charge in [-0.3, -0.25) is 9.59 Å². The van der Waals surface area contributed by atoms with Crippen LogP contribution in [0.1, 0.15) is 11.1 Å². The molecular weight excluding hydrogens is 379 g/mol. The summed E-state index contributed by atoms with van der Waals surface area (Å²) in [6.07, 6.45) is -4.51. The standard InChI is InChI=1S/C19H14F3NO3S/c20-19(21,22)13-6-8-14(9-7-13)23-17(25)15(12-4-2-1-3-5-12)16(18(23)26)27-11-10-24/h1-9,24H,10-11H2. The molecule has 0 spiro atoms. The van der Waals surface area contributed by atoms with E-state index in [1.54, 1.807) is 30.3 Å². The fourth-order valence-electron chi connectivity index (χ4n) is 2.68. The lowest BCUT2D eigenvalue weighted by Crippen LogP contribution is -2.31. The number of amides is 2. The molecule has 0 bridgehead atoms. The molecule has 140 valence electrons. The van der Waals surface area contributed by atoms with Crippen LogP contribution in [0.4, 0.5) is 18.9 Å². The molecule has 8 heteroatoms. The maximum Gasteiger partial charge on any atom is 0.416 e. The van der Waals surface area contributed by atoms with E-state index in [0.717, 1.165) is 40.9 Å². The van der Waals surface area contributed by atoms with E-state index in [1.807, 2.05) is 0 Å². The molecule has 4 nitrogen and oxygen atoms in total. The number of hydrogen-bond donors (Lipinski definition) is 1. The lowest BCUT2D eigenvalue weighted by molar-refractivity contribution is -0.137. The van der Waals surface area contributed by atoms with Gasteiger partial charge < -0.3 is 5.11 Å². The maximum atomic E-state index is 12.9. The molecule has 0 atom stereocenters. The van der Waals surface area contributed by atoms with E-state index >= 15 is 0 Å². The Morgan fingerprint density at radius 2 is 1.56 bits per heavy atom. The number of carbonyl (C=O) groups is 2. The first-order valence-electron chi connectivity index (χ1n) is 7.94. The van der Waals surface area contributed by atoms with Crippen LogP contribution >= 0.6 is 11.8 Å². The number of thioether (sulfide) groups is 1. The molecule has 1 aliphatic heterocycles. The Morgan fingerprint density at radius 1 is 0.926 bits per heavy atom. The van der Waals surface area contributed by atoms with Gasteiger partial charge >= 0.3 is 6.18 Å². The van der Waals surface area contributed by atoms with Crippen molar-refractivity contribution in [1.29, 1.82) is 0 Å². The first-order chi connectivity index (χ1) is 12.8. The minimum atomic E-state index is -4.51. The van der Waals surface area contributed by atoms with Crippen molar-refractivity contribution in [2.24, 2.45) is 0 Å². The minimum Gasteiger partial charge on any atom is -0.396 e. The molecule has 0 unspecified atom stereocenters. The highest BCUT2D eigenvalue weighted by Gasteiger charge is 2.40. The summed E-state index contributed by atoms with van der Waals surface area (Å²) in [7, 11) is 0. The van der Waals surface area contributed by atoms with Crippen LogP contribution in [0.25, 0.3) is 5.57 Å². The van der Waals surface area contributed by atoms with Gasteiger partial charge in [-0.05, 0) is 29.8 Å². The van der Waals surface area contributed by atoms with Crippen LogP contribution in [0.2, 0.25) is 0 Å². The van der Waals surface area contributed by atoms with E-state index in [2.05, 4.69) is 0 Å². The molecule has 1 aliphatic rings. The van der Waals surface area contributed by atoms with E-state index in [-0.39, 0.29) is 28.5 Å². The van der Waals surface area contributed by atoms with Gasteiger partial charge in [0.25, 0.3) is 11.8 Å². The summed E-state index contributed by atoms with van der Waals surface area (Å²) >= 11 is 1.04. The second-order valence-electron chi connectivity index (χ2n) is 5.63. The molecule has 2 amide bonds. The fourth-order valence-corrected chi connectivity index (χ4v) is 3.54. The van der Waals surface area contributed by atoms with Crippen molar-refractivity contribution in [2.45, 2.75) is 6.18 Å². The Hall–Kier alpha value is -2.58. The van der Waals surface area contributed by atoms with Crippen molar-refractivity contribution in [3.05, 3.63) is 70.6 Å². The Bertz CT molecular complexity index is 893. The van der Waals surface area contributed by atoms with Crippen LogP contribution in [-0.4, -0.2) is 29.3 Å². The third kappa shape index (κ3) is 3.77. The molecule has 3 rings (SSSR count). The second kappa shape index (κ2) is 7.58. The van der Waals surface area contributed by atoms with Crippen LogP contribution in [-0.2, 0) is 15.8 Å². The van der Waals surface area contributed by atoms with Crippen molar-refractivity contribution in [3.63, 3.8) is 0 Å². The number of benzene rings is 2. The smallest absolute Gasteiger partial charge is 0.396 e. The maximum absolute atomic E-state index is 12.9. The summed E-state index contributed by atoms with van der Waals surface area (Å²) in [6.45, 7) is -0.183. The number of aliphatic hydroxyl groups is 1. The van der Waals surface area contributed by atoms with Crippen molar-refractivity contribution < 1.29 is 27.9 Å². The van der Waals surface area contributed by atoms with Gasteiger partial charge in [0.05, 0.1) is 28.3 Å². The molecule has 0 radical (unpaired) electrons. The highest BCUT2D eigenvalue weighted by molar-refractivity contribution is 8.04. The fraction of sp³-hybridized carbons (Fsp3) is 0.158. The largest absolute Gasteiger partial charge is 0.416 e. The van der Waals surface area contributed by atoms with Crippen molar-refractivity contribution >= 4 is 34.8 Å². The predicted molar refractivity (Wildman–Crippen MR) is 96.8 cm³/mol. The molecule has 0 saturated heterocycles. The van der Waals surface area contributed by atoms with E-state index < -0.39 is 23.6 Å². The SMILES string of the molecule is O=C1C(SCCO)=C(c2ccccc2)C(=O)N1c1ccc(C(F)(F)F)cc1. The average molecular weight is 393 g/mol. The van der Waals surface area contributed by atoms with Crippen molar-refractivity contribution in [2.75, 3.05) is 17.3 Å². The van der Waals surface area contributed by atoms with Gasteiger partial charge in [0.2, 0.25) is 0 Å².